The minimum Gasteiger partial charge on any atom is -0.368 e. The van der Waals surface area contributed by atoms with Crippen LogP contribution < -0.4 is 16.0 Å². The number of hydrogen-bond donors (Lipinski definition) is 2. The first-order valence-electron chi connectivity index (χ1n) is 9.76. The number of aromatic nitrogens is 5. The van der Waals surface area contributed by atoms with Crippen molar-refractivity contribution in [3.05, 3.63) is 61.2 Å². The van der Waals surface area contributed by atoms with Gasteiger partial charge in [0.25, 0.3) is 0 Å². The number of nitrogens with two attached hydrogens (primary N) is 1. The highest BCUT2D eigenvalue weighted by atomic mass is 15.3. The van der Waals surface area contributed by atoms with Gasteiger partial charge in [-0.1, -0.05) is 6.07 Å². The van der Waals surface area contributed by atoms with Crippen molar-refractivity contribution in [1.29, 1.82) is 0 Å². The zero-order chi connectivity index (χ0) is 19.6. The number of hydrogen-bond acceptors (Lipinski definition) is 7. The molecule has 3 N–H and O–H groups in total. The molecule has 0 unspecified atom stereocenters. The molecular formula is C21H22N8. The van der Waals surface area contributed by atoms with E-state index in [-0.39, 0.29) is 6.04 Å². The van der Waals surface area contributed by atoms with Crippen LogP contribution in [0.2, 0.25) is 0 Å². The first kappa shape index (κ1) is 17.6. The molecule has 8 heteroatoms. The normalized spacial score (nSPS) is 16.9. The van der Waals surface area contributed by atoms with Crippen LogP contribution >= 0.6 is 0 Å². The van der Waals surface area contributed by atoms with Gasteiger partial charge in [-0.2, -0.15) is 9.61 Å². The number of nitrogens with one attached hydrogen (secondary N) is 1. The van der Waals surface area contributed by atoms with Crippen molar-refractivity contribution in [1.82, 2.24) is 24.6 Å². The average molecular weight is 386 g/mol. The Balaban J connectivity index is 1.50. The number of rotatable bonds is 4. The van der Waals surface area contributed by atoms with Crippen LogP contribution in [0, 0.1) is 0 Å². The average Bonchev–Trinajstić information content (AvgIpc) is 3.17. The van der Waals surface area contributed by atoms with Crippen LogP contribution in [0.1, 0.15) is 12.8 Å². The zero-order valence-electron chi connectivity index (χ0n) is 15.9. The fourth-order valence-corrected chi connectivity index (χ4v) is 3.73. The van der Waals surface area contributed by atoms with E-state index in [0.717, 1.165) is 54.2 Å². The number of piperidine rings is 1. The van der Waals surface area contributed by atoms with Crippen molar-refractivity contribution in [2.45, 2.75) is 18.9 Å². The van der Waals surface area contributed by atoms with Crippen LogP contribution in [0.5, 0.6) is 0 Å². The summed E-state index contributed by atoms with van der Waals surface area (Å²) >= 11 is 0. The van der Waals surface area contributed by atoms with Gasteiger partial charge in [0.2, 0.25) is 5.95 Å². The standard InChI is InChI=1S/C21H22N8/c22-15-4-3-11-28(14-15)20-8-10-23-13-19(20)26-21-25-12-16-6-7-18(27-29(16)21)17-5-1-2-9-24-17/h1-2,5-10,12-13,15H,3-4,11,14,22H2,(H,25,26)/t15-/m0/s1. The van der Waals surface area contributed by atoms with Crippen LogP contribution in [0.4, 0.5) is 17.3 Å². The third-order valence-electron chi connectivity index (χ3n) is 5.15. The number of anilines is 3. The third kappa shape index (κ3) is 3.50. The first-order valence-corrected chi connectivity index (χ1v) is 9.76. The summed E-state index contributed by atoms with van der Waals surface area (Å²) in [4.78, 5) is 15.5. The second kappa shape index (κ2) is 7.48. The molecule has 0 saturated carbocycles. The second-order valence-corrected chi connectivity index (χ2v) is 7.22. The van der Waals surface area contributed by atoms with Crippen LogP contribution in [0.25, 0.3) is 16.9 Å². The van der Waals surface area contributed by atoms with Crippen molar-refractivity contribution >= 4 is 22.8 Å². The molecule has 1 saturated heterocycles. The second-order valence-electron chi connectivity index (χ2n) is 7.22. The molecule has 0 aromatic carbocycles. The molecule has 146 valence electrons. The molecule has 0 amide bonds. The number of nitrogens with zero attached hydrogens (tertiary/aromatic N) is 6. The fourth-order valence-electron chi connectivity index (χ4n) is 3.73. The highest BCUT2D eigenvalue weighted by molar-refractivity contribution is 5.73. The number of fused-ring (bicyclic) bond motifs is 1. The minimum atomic E-state index is 0.194. The molecule has 4 aromatic heterocycles. The molecule has 8 nitrogen and oxygen atoms in total. The van der Waals surface area contributed by atoms with Crippen LogP contribution in [0.3, 0.4) is 0 Å². The Labute approximate surface area is 168 Å². The largest absolute Gasteiger partial charge is 0.368 e. The van der Waals surface area contributed by atoms with E-state index < -0.39 is 0 Å². The molecule has 0 aliphatic carbocycles. The summed E-state index contributed by atoms with van der Waals surface area (Å²) in [5.74, 6) is 0.633. The lowest BCUT2D eigenvalue weighted by molar-refractivity contribution is 0.506. The molecule has 1 atom stereocenters. The van der Waals surface area contributed by atoms with Crippen molar-refractivity contribution in [3.63, 3.8) is 0 Å². The Morgan fingerprint density at radius 3 is 2.83 bits per heavy atom. The van der Waals surface area contributed by atoms with E-state index in [9.17, 15) is 0 Å². The first-order chi connectivity index (χ1) is 14.3. The molecule has 0 spiro atoms. The van der Waals surface area contributed by atoms with E-state index >= 15 is 0 Å². The van der Waals surface area contributed by atoms with Gasteiger partial charge in [-0.05, 0) is 43.2 Å². The Hall–Kier alpha value is -3.52. The fraction of sp³-hybridized carbons (Fsp3) is 0.238. The van der Waals surface area contributed by atoms with E-state index in [1.54, 1.807) is 16.9 Å². The van der Waals surface area contributed by atoms with Gasteiger partial charge in [0.05, 0.1) is 35.0 Å². The molecule has 0 bridgehead atoms. The third-order valence-corrected chi connectivity index (χ3v) is 5.15. The van der Waals surface area contributed by atoms with Gasteiger partial charge in [0.15, 0.2) is 0 Å². The van der Waals surface area contributed by atoms with E-state index in [4.69, 9.17) is 10.8 Å². The highest BCUT2D eigenvalue weighted by Gasteiger charge is 2.20. The lowest BCUT2D eigenvalue weighted by atomic mass is 10.1. The Morgan fingerprint density at radius 2 is 1.97 bits per heavy atom. The molecular weight excluding hydrogens is 364 g/mol. The van der Waals surface area contributed by atoms with Gasteiger partial charge < -0.3 is 16.0 Å². The van der Waals surface area contributed by atoms with Gasteiger partial charge in [-0.25, -0.2) is 4.98 Å². The lowest BCUT2D eigenvalue weighted by Crippen LogP contribution is -2.43. The van der Waals surface area contributed by atoms with Crippen molar-refractivity contribution in [2.75, 3.05) is 23.3 Å². The van der Waals surface area contributed by atoms with Crippen molar-refractivity contribution < 1.29 is 0 Å². The Kier molecular flexibility index (Phi) is 4.53. The summed E-state index contributed by atoms with van der Waals surface area (Å²) < 4.78 is 1.79. The van der Waals surface area contributed by atoms with Crippen LogP contribution in [-0.4, -0.2) is 43.7 Å². The lowest BCUT2D eigenvalue weighted by Gasteiger charge is -2.33. The summed E-state index contributed by atoms with van der Waals surface area (Å²) in [6, 6.07) is 11.9. The quantitative estimate of drug-likeness (QED) is 0.556. The summed E-state index contributed by atoms with van der Waals surface area (Å²) in [5, 5.41) is 8.14. The maximum Gasteiger partial charge on any atom is 0.229 e. The van der Waals surface area contributed by atoms with Crippen LogP contribution in [0.15, 0.2) is 61.2 Å². The van der Waals surface area contributed by atoms with E-state index in [1.807, 2.05) is 48.8 Å². The number of pyridine rings is 2. The maximum atomic E-state index is 6.18. The SMILES string of the molecule is N[C@H]1CCCN(c2ccncc2Nc2ncc3ccc(-c4ccccn4)nn23)C1. The predicted octanol–water partition coefficient (Wildman–Crippen LogP) is 2.86. The Bertz CT molecular complexity index is 1120. The summed E-state index contributed by atoms with van der Waals surface area (Å²) in [6.07, 6.45) is 9.34. The smallest absolute Gasteiger partial charge is 0.229 e. The van der Waals surface area contributed by atoms with E-state index in [1.165, 1.54) is 0 Å². The molecule has 0 radical (unpaired) electrons. The maximum absolute atomic E-state index is 6.18. The van der Waals surface area contributed by atoms with Gasteiger partial charge in [0.1, 0.15) is 5.69 Å². The molecule has 1 aliphatic rings. The number of imidazole rings is 1. The Morgan fingerprint density at radius 1 is 1.00 bits per heavy atom. The van der Waals surface area contributed by atoms with Gasteiger partial charge in [-0.15, -0.1) is 0 Å². The highest BCUT2D eigenvalue weighted by Crippen LogP contribution is 2.29. The summed E-state index contributed by atoms with van der Waals surface area (Å²) in [6.45, 7) is 1.82. The topological polar surface area (TPSA) is 97.3 Å². The minimum absolute atomic E-state index is 0.194. The molecule has 5 heterocycles. The van der Waals surface area contributed by atoms with Crippen LogP contribution in [-0.2, 0) is 0 Å². The molecule has 1 fully saturated rings. The van der Waals surface area contributed by atoms with Gasteiger partial charge >= 0.3 is 0 Å². The molecule has 5 rings (SSSR count). The van der Waals surface area contributed by atoms with E-state index in [0.29, 0.717) is 5.95 Å². The van der Waals surface area contributed by atoms with Gasteiger partial charge in [-0.3, -0.25) is 9.97 Å². The summed E-state index contributed by atoms with van der Waals surface area (Å²) in [7, 11) is 0. The molecule has 29 heavy (non-hydrogen) atoms. The monoisotopic (exact) mass is 386 g/mol. The predicted molar refractivity (Wildman–Crippen MR) is 113 cm³/mol. The zero-order valence-corrected chi connectivity index (χ0v) is 15.9. The molecule has 4 aromatic rings. The van der Waals surface area contributed by atoms with Gasteiger partial charge in [0, 0.05) is 31.5 Å². The van der Waals surface area contributed by atoms with Crippen molar-refractivity contribution in [3.8, 4) is 11.4 Å². The van der Waals surface area contributed by atoms with E-state index in [2.05, 4.69) is 25.2 Å². The molecule has 1 aliphatic heterocycles. The van der Waals surface area contributed by atoms with Crippen molar-refractivity contribution in [2.24, 2.45) is 5.73 Å². The summed E-state index contributed by atoms with van der Waals surface area (Å²) in [5.41, 5.74) is 10.7.